The molecule has 0 bridgehead atoms. The lowest BCUT2D eigenvalue weighted by Crippen LogP contribution is -2.28. The molecule has 0 aliphatic rings. The molecule has 2 rings (SSSR count). The molecule has 19 heavy (non-hydrogen) atoms. The van der Waals surface area contributed by atoms with Crippen molar-refractivity contribution in [2.24, 2.45) is 5.84 Å². The van der Waals surface area contributed by atoms with E-state index in [9.17, 15) is 0 Å². The molecule has 1 unspecified atom stereocenters. The van der Waals surface area contributed by atoms with Crippen LogP contribution >= 0.6 is 22.9 Å². The summed E-state index contributed by atoms with van der Waals surface area (Å²) < 4.78 is 0.779. The fraction of sp³-hybridized carbons (Fsp3) is 0.333. The molecule has 3 N–H and O–H groups in total. The van der Waals surface area contributed by atoms with Gasteiger partial charge in [0.15, 0.2) is 0 Å². The molecule has 0 amide bonds. The van der Waals surface area contributed by atoms with E-state index in [1.165, 1.54) is 5.56 Å². The van der Waals surface area contributed by atoms with Gasteiger partial charge < -0.3 is 0 Å². The molecule has 2 nitrogen and oxygen atoms in total. The molecule has 0 spiro atoms. The highest BCUT2D eigenvalue weighted by atomic mass is 35.5. The minimum Gasteiger partial charge on any atom is -0.271 e. The van der Waals surface area contributed by atoms with Crippen molar-refractivity contribution in [3.63, 3.8) is 0 Å². The lowest BCUT2D eigenvalue weighted by Gasteiger charge is -2.21. The zero-order valence-corrected chi connectivity index (χ0v) is 13.0. The van der Waals surface area contributed by atoms with Gasteiger partial charge in [-0.1, -0.05) is 56.6 Å². The van der Waals surface area contributed by atoms with Gasteiger partial charge in [0, 0.05) is 4.88 Å². The predicted molar refractivity (Wildman–Crippen MR) is 83.6 cm³/mol. The monoisotopic (exact) mass is 294 g/mol. The van der Waals surface area contributed by atoms with Gasteiger partial charge in [-0.15, -0.1) is 11.3 Å². The second-order valence-electron chi connectivity index (χ2n) is 5.61. The summed E-state index contributed by atoms with van der Waals surface area (Å²) in [4.78, 5) is 1.12. The molecule has 2 aromatic rings. The van der Waals surface area contributed by atoms with Gasteiger partial charge in [0.2, 0.25) is 0 Å². The van der Waals surface area contributed by atoms with Crippen molar-refractivity contribution in [1.82, 2.24) is 5.43 Å². The quantitative estimate of drug-likeness (QED) is 0.656. The third-order valence-electron chi connectivity index (χ3n) is 3.16. The Morgan fingerprint density at radius 2 is 1.74 bits per heavy atom. The van der Waals surface area contributed by atoms with Crippen molar-refractivity contribution < 1.29 is 0 Å². The molecule has 0 saturated carbocycles. The van der Waals surface area contributed by atoms with Crippen molar-refractivity contribution >= 4 is 22.9 Å². The third-order valence-corrected chi connectivity index (χ3v) is 4.45. The van der Waals surface area contributed by atoms with Crippen LogP contribution in [0.3, 0.4) is 0 Å². The first-order valence-corrected chi connectivity index (χ1v) is 7.43. The molecule has 0 aliphatic heterocycles. The molecule has 1 aromatic heterocycles. The molecular weight excluding hydrogens is 276 g/mol. The molecule has 0 fully saturated rings. The minimum absolute atomic E-state index is 0.00785. The Kier molecular flexibility index (Phi) is 4.31. The number of hydrogen-bond donors (Lipinski definition) is 2. The number of hydrazine groups is 1. The van der Waals surface area contributed by atoms with Gasteiger partial charge in [-0.3, -0.25) is 5.84 Å². The topological polar surface area (TPSA) is 38.0 Å². The first kappa shape index (κ1) is 14.5. The molecule has 1 aromatic carbocycles. The zero-order valence-electron chi connectivity index (χ0n) is 11.4. The Morgan fingerprint density at radius 1 is 1.11 bits per heavy atom. The largest absolute Gasteiger partial charge is 0.271 e. The van der Waals surface area contributed by atoms with E-state index >= 15 is 0 Å². The Hall–Kier alpha value is -0.870. The first-order valence-electron chi connectivity index (χ1n) is 6.23. The maximum Gasteiger partial charge on any atom is 0.0931 e. The summed E-state index contributed by atoms with van der Waals surface area (Å²) in [6, 6.07) is 12.5. The molecule has 0 saturated heterocycles. The maximum absolute atomic E-state index is 5.98. The van der Waals surface area contributed by atoms with E-state index in [1.807, 2.05) is 12.1 Å². The van der Waals surface area contributed by atoms with Crippen LogP contribution in [0.2, 0.25) is 4.34 Å². The van der Waals surface area contributed by atoms with Crippen LogP contribution in [-0.4, -0.2) is 0 Å². The van der Waals surface area contributed by atoms with Crippen LogP contribution in [0.4, 0.5) is 0 Å². The highest BCUT2D eigenvalue weighted by molar-refractivity contribution is 7.16. The van der Waals surface area contributed by atoms with Gasteiger partial charge in [-0.25, -0.2) is 5.43 Å². The van der Waals surface area contributed by atoms with E-state index in [0.29, 0.717) is 0 Å². The van der Waals surface area contributed by atoms with E-state index in [0.717, 1.165) is 14.8 Å². The third kappa shape index (κ3) is 3.37. The van der Waals surface area contributed by atoms with Gasteiger partial charge in [-0.05, 0) is 28.7 Å². The summed E-state index contributed by atoms with van der Waals surface area (Å²) in [6.07, 6.45) is 0. The van der Waals surface area contributed by atoms with Gasteiger partial charge in [0.25, 0.3) is 0 Å². The molecule has 0 aliphatic carbocycles. The van der Waals surface area contributed by atoms with Crippen LogP contribution in [0.15, 0.2) is 36.4 Å². The van der Waals surface area contributed by atoms with Crippen LogP contribution in [0.1, 0.15) is 42.8 Å². The minimum atomic E-state index is -0.00785. The van der Waals surface area contributed by atoms with E-state index in [-0.39, 0.29) is 11.5 Å². The van der Waals surface area contributed by atoms with Gasteiger partial charge in [0.05, 0.1) is 10.4 Å². The Labute approximate surface area is 123 Å². The number of thiophene rings is 1. The van der Waals surface area contributed by atoms with Crippen molar-refractivity contribution in [1.29, 1.82) is 0 Å². The highest BCUT2D eigenvalue weighted by Gasteiger charge is 2.17. The lowest BCUT2D eigenvalue weighted by atomic mass is 9.86. The summed E-state index contributed by atoms with van der Waals surface area (Å²) in [5, 5.41) is 0. The van der Waals surface area contributed by atoms with E-state index in [2.05, 4.69) is 50.5 Å². The maximum atomic E-state index is 5.98. The van der Waals surface area contributed by atoms with E-state index in [4.69, 9.17) is 17.4 Å². The zero-order chi connectivity index (χ0) is 14.0. The van der Waals surface area contributed by atoms with Gasteiger partial charge in [0.1, 0.15) is 0 Å². The summed E-state index contributed by atoms with van der Waals surface area (Å²) in [5.41, 5.74) is 5.48. The van der Waals surface area contributed by atoms with Crippen molar-refractivity contribution in [2.45, 2.75) is 32.2 Å². The fourth-order valence-electron chi connectivity index (χ4n) is 2.00. The van der Waals surface area contributed by atoms with E-state index < -0.39 is 0 Å². The van der Waals surface area contributed by atoms with Crippen molar-refractivity contribution in [2.75, 3.05) is 0 Å². The summed E-state index contributed by atoms with van der Waals surface area (Å²) in [7, 11) is 0. The molecule has 102 valence electrons. The van der Waals surface area contributed by atoms with Crippen molar-refractivity contribution in [3.05, 3.63) is 56.7 Å². The Morgan fingerprint density at radius 3 is 2.16 bits per heavy atom. The van der Waals surface area contributed by atoms with E-state index in [1.54, 1.807) is 11.3 Å². The standard InChI is InChI=1S/C15H19ClN2S/c1-15(2,3)11-6-4-10(5-7-11)14(18-17)12-8-9-13(16)19-12/h4-9,14,18H,17H2,1-3H3. The summed E-state index contributed by atoms with van der Waals surface area (Å²) in [5.74, 6) is 5.68. The van der Waals surface area contributed by atoms with Crippen LogP contribution in [0.25, 0.3) is 0 Å². The SMILES string of the molecule is CC(C)(C)c1ccc(C(NN)c2ccc(Cl)s2)cc1. The number of nitrogens with one attached hydrogen (secondary N) is 1. The second kappa shape index (κ2) is 5.63. The number of halogens is 1. The smallest absolute Gasteiger partial charge is 0.0931 e. The average molecular weight is 295 g/mol. The van der Waals surface area contributed by atoms with Crippen molar-refractivity contribution in [3.8, 4) is 0 Å². The lowest BCUT2D eigenvalue weighted by molar-refractivity contribution is 0.588. The Balaban J connectivity index is 2.30. The summed E-state index contributed by atoms with van der Waals surface area (Å²) in [6.45, 7) is 6.62. The predicted octanol–water partition coefficient (Wildman–Crippen LogP) is 4.25. The highest BCUT2D eigenvalue weighted by Crippen LogP contribution is 2.31. The number of rotatable bonds is 3. The fourth-order valence-corrected chi connectivity index (χ4v) is 3.15. The van der Waals surface area contributed by atoms with Gasteiger partial charge in [-0.2, -0.15) is 0 Å². The Bertz CT molecular complexity index is 540. The number of benzene rings is 1. The normalized spacial score (nSPS) is 13.5. The number of nitrogens with two attached hydrogens (primary N) is 1. The average Bonchev–Trinajstić information content (AvgIpc) is 2.76. The first-order chi connectivity index (χ1) is 8.91. The summed E-state index contributed by atoms with van der Waals surface area (Å²) >= 11 is 7.53. The van der Waals surface area contributed by atoms with Crippen LogP contribution < -0.4 is 11.3 Å². The van der Waals surface area contributed by atoms with Gasteiger partial charge >= 0.3 is 0 Å². The van der Waals surface area contributed by atoms with Crippen LogP contribution in [0.5, 0.6) is 0 Å². The molecule has 4 heteroatoms. The molecule has 1 heterocycles. The second-order valence-corrected chi connectivity index (χ2v) is 7.36. The molecule has 1 atom stereocenters. The van der Waals surface area contributed by atoms with Crippen LogP contribution in [-0.2, 0) is 5.41 Å². The molecule has 0 radical (unpaired) electrons. The number of hydrogen-bond acceptors (Lipinski definition) is 3. The molecular formula is C15H19ClN2S. The van der Waals surface area contributed by atoms with Crippen LogP contribution in [0, 0.1) is 0 Å².